The molecule has 1 heterocycles. The van der Waals surface area contributed by atoms with Crippen LogP contribution in [0.1, 0.15) is 11.1 Å². The number of imidazole rings is 1. The lowest BCUT2D eigenvalue weighted by atomic mass is 10.1. The van der Waals surface area contributed by atoms with Crippen molar-refractivity contribution < 1.29 is 13.2 Å². The van der Waals surface area contributed by atoms with Crippen molar-refractivity contribution in [3.8, 4) is 0 Å². The van der Waals surface area contributed by atoms with Gasteiger partial charge in [0.05, 0.1) is 16.6 Å². The highest BCUT2D eigenvalue weighted by atomic mass is 19.4. The number of rotatable bonds is 3. The molecule has 0 unspecified atom stereocenters. The van der Waals surface area contributed by atoms with E-state index in [1.165, 1.54) is 6.07 Å². The van der Waals surface area contributed by atoms with Gasteiger partial charge in [0.15, 0.2) is 0 Å². The third-order valence-corrected chi connectivity index (χ3v) is 3.10. The van der Waals surface area contributed by atoms with Gasteiger partial charge < -0.3 is 10.3 Å². The topological polar surface area (TPSA) is 40.7 Å². The van der Waals surface area contributed by atoms with Crippen LogP contribution in [-0.4, -0.2) is 9.97 Å². The van der Waals surface area contributed by atoms with Crippen molar-refractivity contribution in [1.82, 2.24) is 9.97 Å². The number of fused-ring (bicyclic) bond motifs is 1. The van der Waals surface area contributed by atoms with E-state index in [4.69, 9.17) is 0 Å². The molecule has 0 saturated carbocycles. The van der Waals surface area contributed by atoms with Crippen LogP contribution in [0, 0.1) is 0 Å². The maximum absolute atomic E-state index is 12.6. The van der Waals surface area contributed by atoms with Crippen molar-refractivity contribution in [2.75, 3.05) is 5.32 Å². The van der Waals surface area contributed by atoms with Gasteiger partial charge in [0.2, 0.25) is 5.95 Å². The Morgan fingerprint density at radius 3 is 2.62 bits per heavy atom. The number of aromatic amines is 1. The van der Waals surface area contributed by atoms with Crippen LogP contribution in [-0.2, 0) is 12.7 Å². The summed E-state index contributed by atoms with van der Waals surface area (Å²) in [6.07, 6.45) is -4.32. The number of aromatic nitrogens is 2. The zero-order valence-corrected chi connectivity index (χ0v) is 10.9. The van der Waals surface area contributed by atoms with Crippen molar-refractivity contribution in [3.05, 3.63) is 59.7 Å². The first-order valence-corrected chi connectivity index (χ1v) is 6.37. The van der Waals surface area contributed by atoms with Gasteiger partial charge in [-0.3, -0.25) is 0 Å². The Morgan fingerprint density at radius 2 is 1.86 bits per heavy atom. The van der Waals surface area contributed by atoms with E-state index in [9.17, 15) is 13.2 Å². The van der Waals surface area contributed by atoms with Gasteiger partial charge >= 0.3 is 6.18 Å². The molecule has 0 bridgehead atoms. The van der Waals surface area contributed by atoms with E-state index in [-0.39, 0.29) is 6.54 Å². The van der Waals surface area contributed by atoms with Gasteiger partial charge in [-0.15, -0.1) is 0 Å². The fraction of sp³-hybridized carbons (Fsp3) is 0.133. The first-order chi connectivity index (χ1) is 10.0. The number of alkyl halides is 3. The number of benzene rings is 2. The minimum Gasteiger partial charge on any atom is -0.352 e. The molecule has 1 aromatic heterocycles. The number of para-hydroxylation sites is 2. The van der Waals surface area contributed by atoms with Crippen LogP contribution in [0.3, 0.4) is 0 Å². The van der Waals surface area contributed by atoms with E-state index in [1.807, 2.05) is 24.3 Å². The van der Waals surface area contributed by atoms with Crippen LogP contribution >= 0.6 is 0 Å². The molecule has 0 aliphatic carbocycles. The molecule has 21 heavy (non-hydrogen) atoms. The number of H-pyrrole nitrogens is 1. The standard InChI is InChI=1S/C15H12F3N3/c16-15(17,18)11-5-3-4-10(8-11)9-19-14-20-12-6-1-2-7-13(12)21-14/h1-8H,9H2,(H2,19,20,21). The Labute approximate surface area is 118 Å². The highest BCUT2D eigenvalue weighted by molar-refractivity contribution is 5.77. The number of hydrogen-bond acceptors (Lipinski definition) is 2. The minimum atomic E-state index is -4.32. The minimum absolute atomic E-state index is 0.268. The number of nitrogens with zero attached hydrogens (tertiary/aromatic N) is 1. The lowest BCUT2D eigenvalue weighted by Crippen LogP contribution is -2.07. The largest absolute Gasteiger partial charge is 0.416 e. The molecule has 0 aliphatic heterocycles. The fourth-order valence-corrected chi connectivity index (χ4v) is 2.08. The van der Waals surface area contributed by atoms with Crippen LogP contribution in [0.15, 0.2) is 48.5 Å². The third-order valence-electron chi connectivity index (χ3n) is 3.10. The van der Waals surface area contributed by atoms with Gasteiger partial charge in [-0.2, -0.15) is 13.2 Å². The van der Waals surface area contributed by atoms with Gasteiger partial charge in [-0.1, -0.05) is 24.3 Å². The highest BCUT2D eigenvalue weighted by Crippen LogP contribution is 2.29. The molecule has 2 N–H and O–H groups in total. The average molecular weight is 291 g/mol. The molecular weight excluding hydrogens is 279 g/mol. The summed E-state index contributed by atoms with van der Waals surface area (Å²) in [4.78, 5) is 7.38. The smallest absolute Gasteiger partial charge is 0.352 e. The second-order valence-corrected chi connectivity index (χ2v) is 4.65. The number of anilines is 1. The fourth-order valence-electron chi connectivity index (χ4n) is 2.08. The highest BCUT2D eigenvalue weighted by Gasteiger charge is 2.30. The van der Waals surface area contributed by atoms with Crippen molar-refractivity contribution in [2.45, 2.75) is 12.7 Å². The van der Waals surface area contributed by atoms with Crippen molar-refractivity contribution in [1.29, 1.82) is 0 Å². The Hall–Kier alpha value is -2.50. The maximum Gasteiger partial charge on any atom is 0.416 e. The maximum atomic E-state index is 12.6. The Balaban J connectivity index is 1.75. The van der Waals surface area contributed by atoms with Crippen LogP contribution in [0.5, 0.6) is 0 Å². The van der Waals surface area contributed by atoms with Crippen LogP contribution in [0.25, 0.3) is 11.0 Å². The lowest BCUT2D eigenvalue weighted by Gasteiger charge is -2.09. The molecule has 3 aromatic rings. The summed E-state index contributed by atoms with van der Waals surface area (Å²) in [5.74, 6) is 0.536. The summed E-state index contributed by atoms with van der Waals surface area (Å²) >= 11 is 0. The predicted molar refractivity (Wildman–Crippen MR) is 74.9 cm³/mol. The summed E-state index contributed by atoms with van der Waals surface area (Å²) in [6.45, 7) is 0.268. The summed E-state index contributed by atoms with van der Waals surface area (Å²) < 4.78 is 37.9. The molecule has 2 aromatic carbocycles. The lowest BCUT2D eigenvalue weighted by molar-refractivity contribution is -0.137. The van der Waals surface area contributed by atoms with Crippen LogP contribution in [0.4, 0.5) is 19.1 Å². The van der Waals surface area contributed by atoms with E-state index >= 15 is 0 Å². The third kappa shape index (κ3) is 2.99. The molecule has 6 heteroatoms. The van der Waals surface area contributed by atoms with Gasteiger partial charge in [-0.05, 0) is 29.8 Å². The second kappa shape index (κ2) is 5.12. The molecule has 108 valence electrons. The van der Waals surface area contributed by atoms with Gasteiger partial charge in [-0.25, -0.2) is 4.98 Å². The Kier molecular flexibility index (Phi) is 3.29. The monoisotopic (exact) mass is 291 g/mol. The summed E-state index contributed by atoms with van der Waals surface area (Å²) in [5.41, 5.74) is 1.59. The molecule has 0 amide bonds. The zero-order chi connectivity index (χ0) is 14.9. The van der Waals surface area contributed by atoms with E-state index in [0.29, 0.717) is 11.5 Å². The first-order valence-electron chi connectivity index (χ1n) is 6.37. The van der Waals surface area contributed by atoms with Gasteiger partial charge in [0.1, 0.15) is 0 Å². The summed E-state index contributed by atoms with van der Waals surface area (Å²) in [7, 11) is 0. The Morgan fingerprint density at radius 1 is 1.05 bits per heavy atom. The molecule has 3 nitrogen and oxygen atoms in total. The molecule has 0 spiro atoms. The Bertz CT molecular complexity index is 729. The van der Waals surface area contributed by atoms with Crippen molar-refractivity contribution in [3.63, 3.8) is 0 Å². The van der Waals surface area contributed by atoms with Crippen LogP contribution < -0.4 is 5.32 Å². The van der Waals surface area contributed by atoms with E-state index in [2.05, 4.69) is 15.3 Å². The van der Waals surface area contributed by atoms with E-state index < -0.39 is 11.7 Å². The van der Waals surface area contributed by atoms with Gasteiger partial charge in [0, 0.05) is 6.54 Å². The average Bonchev–Trinajstić information content (AvgIpc) is 2.87. The van der Waals surface area contributed by atoms with E-state index in [1.54, 1.807) is 6.07 Å². The second-order valence-electron chi connectivity index (χ2n) is 4.65. The predicted octanol–water partition coefficient (Wildman–Crippen LogP) is 4.19. The quantitative estimate of drug-likeness (QED) is 0.759. The zero-order valence-electron chi connectivity index (χ0n) is 10.9. The number of halogens is 3. The van der Waals surface area contributed by atoms with Crippen molar-refractivity contribution >= 4 is 17.0 Å². The molecule has 0 atom stereocenters. The molecular formula is C15H12F3N3. The number of nitrogens with one attached hydrogen (secondary N) is 2. The summed E-state index contributed by atoms with van der Waals surface area (Å²) in [5, 5.41) is 3.00. The van der Waals surface area contributed by atoms with Crippen molar-refractivity contribution in [2.24, 2.45) is 0 Å². The molecule has 0 aliphatic rings. The molecule has 0 fully saturated rings. The molecule has 3 rings (SSSR count). The van der Waals surface area contributed by atoms with Gasteiger partial charge in [0.25, 0.3) is 0 Å². The van der Waals surface area contributed by atoms with E-state index in [0.717, 1.165) is 23.2 Å². The SMILES string of the molecule is FC(F)(F)c1cccc(CNc2nc3ccccc3[nH]2)c1. The van der Waals surface area contributed by atoms with Crippen LogP contribution in [0.2, 0.25) is 0 Å². The number of hydrogen-bond donors (Lipinski definition) is 2. The first kappa shape index (κ1) is 13.5. The normalized spacial score (nSPS) is 11.8. The molecule has 0 radical (unpaired) electrons. The molecule has 0 saturated heterocycles. The summed E-state index contributed by atoms with van der Waals surface area (Å²) in [6, 6.07) is 12.7.